The van der Waals surface area contributed by atoms with E-state index in [0.717, 1.165) is 47.7 Å². The smallest absolute Gasteiger partial charge is 0.227 e. The van der Waals surface area contributed by atoms with E-state index in [4.69, 9.17) is 0 Å². The quantitative estimate of drug-likeness (QED) is 0.734. The van der Waals surface area contributed by atoms with Crippen LogP contribution < -0.4 is 4.90 Å². The minimum Gasteiger partial charge on any atom is -0.341 e. The SMILES string of the molecule is Cc1nnc(C2CCN(c3nccc(-n4cccn4)n3)CC2)s1. The number of aryl methyl sites for hydroxylation is 1. The molecule has 3 aromatic rings. The summed E-state index contributed by atoms with van der Waals surface area (Å²) in [6, 6.07) is 3.75. The van der Waals surface area contributed by atoms with Crippen LogP contribution in [0.5, 0.6) is 0 Å². The van der Waals surface area contributed by atoms with Crippen LogP contribution in [0.15, 0.2) is 30.7 Å². The summed E-state index contributed by atoms with van der Waals surface area (Å²) in [5, 5.41) is 14.8. The van der Waals surface area contributed by atoms with Crippen LogP contribution in [0.25, 0.3) is 5.82 Å². The number of hydrogen-bond acceptors (Lipinski definition) is 7. The average Bonchev–Trinajstić information content (AvgIpc) is 3.27. The number of aromatic nitrogens is 6. The Morgan fingerprint density at radius 3 is 2.74 bits per heavy atom. The van der Waals surface area contributed by atoms with E-state index in [1.807, 2.05) is 25.3 Å². The first-order valence-corrected chi connectivity index (χ1v) is 8.49. The molecule has 0 radical (unpaired) electrons. The molecule has 0 amide bonds. The minimum atomic E-state index is 0.506. The normalized spacial score (nSPS) is 16.0. The summed E-state index contributed by atoms with van der Waals surface area (Å²) in [6.07, 6.45) is 7.54. The lowest BCUT2D eigenvalue weighted by Gasteiger charge is -2.30. The van der Waals surface area contributed by atoms with Crippen LogP contribution >= 0.6 is 11.3 Å². The Morgan fingerprint density at radius 2 is 2.04 bits per heavy atom. The van der Waals surface area contributed by atoms with E-state index in [2.05, 4.69) is 30.2 Å². The highest BCUT2D eigenvalue weighted by Crippen LogP contribution is 2.31. The molecule has 0 bridgehead atoms. The van der Waals surface area contributed by atoms with Crippen molar-refractivity contribution in [3.05, 3.63) is 40.7 Å². The second-order valence-electron chi connectivity index (χ2n) is 5.59. The maximum atomic E-state index is 4.63. The molecule has 118 valence electrons. The van der Waals surface area contributed by atoms with E-state index in [-0.39, 0.29) is 0 Å². The van der Waals surface area contributed by atoms with Gasteiger partial charge in [-0.3, -0.25) is 0 Å². The topological polar surface area (TPSA) is 72.6 Å². The van der Waals surface area contributed by atoms with Crippen molar-refractivity contribution in [1.82, 2.24) is 29.9 Å². The van der Waals surface area contributed by atoms with Crippen molar-refractivity contribution in [3.63, 3.8) is 0 Å². The molecule has 4 heterocycles. The number of rotatable bonds is 3. The molecule has 7 nitrogen and oxygen atoms in total. The van der Waals surface area contributed by atoms with Gasteiger partial charge in [0.2, 0.25) is 5.95 Å². The van der Waals surface area contributed by atoms with Crippen LogP contribution in [0.4, 0.5) is 5.95 Å². The van der Waals surface area contributed by atoms with Crippen molar-refractivity contribution in [3.8, 4) is 5.82 Å². The Labute approximate surface area is 138 Å². The van der Waals surface area contributed by atoms with Gasteiger partial charge < -0.3 is 4.90 Å². The molecule has 1 fully saturated rings. The van der Waals surface area contributed by atoms with Crippen molar-refractivity contribution in [2.75, 3.05) is 18.0 Å². The highest BCUT2D eigenvalue weighted by molar-refractivity contribution is 7.11. The van der Waals surface area contributed by atoms with Crippen molar-refractivity contribution in [1.29, 1.82) is 0 Å². The number of piperidine rings is 1. The Hall–Kier alpha value is -2.35. The third-order valence-corrected chi connectivity index (χ3v) is 5.04. The van der Waals surface area contributed by atoms with Gasteiger partial charge in [-0.25, -0.2) is 9.67 Å². The summed E-state index contributed by atoms with van der Waals surface area (Å²) < 4.78 is 1.75. The fourth-order valence-electron chi connectivity index (χ4n) is 2.83. The first-order valence-electron chi connectivity index (χ1n) is 7.67. The predicted molar refractivity (Wildman–Crippen MR) is 88.0 cm³/mol. The Bertz CT molecular complexity index is 775. The largest absolute Gasteiger partial charge is 0.341 e. The maximum Gasteiger partial charge on any atom is 0.227 e. The molecule has 0 spiro atoms. The van der Waals surface area contributed by atoms with Crippen LogP contribution in [0, 0.1) is 6.92 Å². The highest BCUT2D eigenvalue weighted by atomic mass is 32.1. The van der Waals surface area contributed by atoms with Gasteiger partial charge in [0.05, 0.1) is 0 Å². The molecule has 0 atom stereocenters. The van der Waals surface area contributed by atoms with Gasteiger partial charge in [0.15, 0.2) is 5.82 Å². The fraction of sp³-hybridized carbons (Fsp3) is 0.400. The van der Waals surface area contributed by atoms with Crippen molar-refractivity contribution in [2.45, 2.75) is 25.7 Å². The van der Waals surface area contributed by atoms with E-state index in [1.54, 1.807) is 28.4 Å². The van der Waals surface area contributed by atoms with E-state index in [9.17, 15) is 0 Å². The molecule has 4 rings (SSSR count). The van der Waals surface area contributed by atoms with Gasteiger partial charge >= 0.3 is 0 Å². The van der Waals surface area contributed by atoms with Crippen LogP contribution in [0.3, 0.4) is 0 Å². The van der Waals surface area contributed by atoms with E-state index < -0.39 is 0 Å². The molecular formula is C15H17N7S. The third-order valence-electron chi connectivity index (χ3n) is 4.04. The van der Waals surface area contributed by atoms with Crippen LogP contribution in [-0.4, -0.2) is 43.0 Å². The predicted octanol–water partition coefficient (Wildman–Crippen LogP) is 2.21. The zero-order chi connectivity index (χ0) is 15.6. The molecule has 8 heteroatoms. The zero-order valence-electron chi connectivity index (χ0n) is 12.8. The first kappa shape index (κ1) is 14.3. The van der Waals surface area contributed by atoms with Crippen molar-refractivity contribution in [2.24, 2.45) is 0 Å². The standard InChI is InChI=1S/C15H17N7S/c1-11-19-20-14(23-11)12-4-9-21(10-5-12)15-16-7-3-13(18-15)22-8-2-6-17-22/h2-3,6-8,12H,4-5,9-10H2,1H3. The summed E-state index contributed by atoms with van der Waals surface area (Å²) in [7, 11) is 0. The molecule has 0 saturated carbocycles. The van der Waals surface area contributed by atoms with Gasteiger partial charge in [0.25, 0.3) is 0 Å². The fourth-order valence-corrected chi connectivity index (χ4v) is 3.70. The van der Waals surface area contributed by atoms with Crippen LogP contribution in [0.1, 0.15) is 28.8 Å². The summed E-state index contributed by atoms with van der Waals surface area (Å²) in [5.41, 5.74) is 0. The molecule has 0 aliphatic carbocycles. The molecule has 1 aliphatic heterocycles. The second-order valence-corrected chi connectivity index (χ2v) is 6.80. The van der Waals surface area contributed by atoms with Crippen molar-refractivity contribution >= 4 is 17.3 Å². The molecule has 23 heavy (non-hydrogen) atoms. The Morgan fingerprint density at radius 1 is 1.17 bits per heavy atom. The Kier molecular flexibility index (Phi) is 3.74. The molecule has 0 unspecified atom stereocenters. The second kappa shape index (κ2) is 6.04. The zero-order valence-corrected chi connectivity index (χ0v) is 13.6. The third kappa shape index (κ3) is 2.94. The van der Waals surface area contributed by atoms with Gasteiger partial charge in [0, 0.05) is 43.7 Å². The van der Waals surface area contributed by atoms with Gasteiger partial charge in [-0.2, -0.15) is 10.1 Å². The first-order chi connectivity index (χ1) is 11.3. The Balaban J connectivity index is 1.47. The minimum absolute atomic E-state index is 0.506. The van der Waals surface area contributed by atoms with Gasteiger partial charge in [-0.15, -0.1) is 21.5 Å². The molecular weight excluding hydrogens is 310 g/mol. The van der Waals surface area contributed by atoms with Gasteiger partial charge in [-0.05, 0) is 25.8 Å². The van der Waals surface area contributed by atoms with Gasteiger partial charge in [0.1, 0.15) is 10.0 Å². The van der Waals surface area contributed by atoms with E-state index >= 15 is 0 Å². The van der Waals surface area contributed by atoms with E-state index in [0.29, 0.717) is 5.92 Å². The van der Waals surface area contributed by atoms with Crippen LogP contribution in [-0.2, 0) is 0 Å². The number of anilines is 1. The monoisotopic (exact) mass is 327 g/mol. The molecule has 0 aromatic carbocycles. The molecule has 0 N–H and O–H groups in total. The summed E-state index contributed by atoms with van der Waals surface area (Å²) in [4.78, 5) is 11.3. The van der Waals surface area contributed by atoms with Gasteiger partial charge in [-0.1, -0.05) is 0 Å². The lowest BCUT2D eigenvalue weighted by atomic mass is 9.98. The lowest BCUT2D eigenvalue weighted by molar-refractivity contribution is 0.495. The maximum absolute atomic E-state index is 4.63. The molecule has 3 aromatic heterocycles. The highest BCUT2D eigenvalue weighted by Gasteiger charge is 2.24. The number of nitrogens with zero attached hydrogens (tertiary/aromatic N) is 7. The van der Waals surface area contributed by atoms with Crippen LogP contribution in [0.2, 0.25) is 0 Å². The average molecular weight is 327 g/mol. The molecule has 1 saturated heterocycles. The summed E-state index contributed by atoms with van der Waals surface area (Å²) in [5.74, 6) is 2.07. The summed E-state index contributed by atoms with van der Waals surface area (Å²) in [6.45, 7) is 3.88. The van der Waals surface area contributed by atoms with E-state index in [1.165, 1.54) is 0 Å². The number of hydrogen-bond donors (Lipinski definition) is 0. The molecule has 1 aliphatic rings. The van der Waals surface area contributed by atoms with Crippen molar-refractivity contribution < 1.29 is 0 Å². The summed E-state index contributed by atoms with van der Waals surface area (Å²) >= 11 is 1.71. The lowest BCUT2D eigenvalue weighted by Crippen LogP contribution is -2.34.